The van der Waals surface area contributed by atoms with E-state index < -0.39 is 0 Å². The quantitative estimate of drug-likeness (QED) is 0.752. The molecule has 0 spiro atoms. The van der Waals surface area contributed by atoms with Crippen LogP contribution < -0.4 is 20.1 Å². The molecule has 0 aliphatic heterocycles. The summed E-state index contributed by atoms with van der Waals surface area (Å²) in [5.74, 6) is 2.07. The monoisotopic (exact) mass is 358 g/mol. The number of benzene rings is 2. The first kappa shape index (κ1) is 17.1. The number of rotatable bonds is 5. The summed E-state index contributed by atoms with van der Waals surface area (Å²) in [5.41, 5.74) is 7.81. The molecule has 0 atom stereocenters. The van der Waals surface area contributed by atoms with Gasteiger partial charge >= 0.3 is 0 Å². The van der Waals surface area contributed by atoms with Gasteiger partial charge in [0.15, 0.2) is 11.5 Å². The Kier molecular flexibility index (Phi) is 4.81. The smallest absolute Gasteiger partial charge is 0.227 e. The molecule has 130 valence electrons. The van der Waals surface area contributed by atoms with Gasteiger partial charge in [0.05, 0.1) is 19.7 Å². The topological polar surface area (TPSA) is 73.5 Å². The molecule has 0 fully saturated rings. The van der Waals surface area contributed by atoms with Crippen molar-refractivity contribution in [3.63, 3.8) is 0 Å². The number of nitrogens with two attached hydrogens (primary N) is 1. The summed E-state index contributed by atoms with van der Waals surface area (Å²) >= 11 is 6.23. The van der Waals surface area contributed by atoms with Crippen molar-refractivity contribution in [1.82, 2.24) is 9.97 Å². The molecule has 0 radical (unpaired) electrons. The molecule has 2 N–H and O–H groups in total. The van der Waals surface area contributed by atoms with Crippen LogP contribution in [0.5, 0.6) is 11.5 Å². The fraction of sp³-hybridized carbons (Fsp3) is 0.222. The van der Waals surface area contributed by atoms with E-state index in [-0.39, 0.29) is 0 Å². The summed E-state index contributed by atoms with van der Waals surface area (Å²) in [7, 11) is 5.05. The van der Waals surface area contributed by atoms with Gasteiger partial charge in [0.25, 0.3) is 0 Å². The number of fused-ring (bicyclic) bond motifs is 1. The molecule has 0 aliphatic carbocycles. The van der Waals surface area contributed by atoms with E-state index in [9.17, 15) is 0 Å². The summed E-state index contributed by atoms with van der Waals surface area (Å²) in [5, 5.41) is 1.42. The lowest BCUT2D eigenvalue weighted by Crippen LogP contribution is -2.20. The third-order valence-electron chi connectivity index (χ3n) is 3.93. The Hall–Kier alpha value is -2.73. The van der Waals surface area contributed by atoms with Gasteiger partial charge < -0.3 is 20.1 Å². The molecule has 3 aromatic rings. The van der Waals surface area contributed by atoms with Crippen molar-refractivity contribution in [3.8, 4) is 11.5 Å². The molecule has 7 heteroatoms. The Balaban J connectivity index is 2.00. The molecule has 0 saturated carbocycles. The van der Waals surface area contributed by atoms with Crippen LogP contribution in [0, 0.1) is 0 Å². The zero-order valence-corrected chi connectivity index (χ0v) is 15.0. The first-order valence-corrected chi connectivity index (χ1v) is 8.05. The van der Waals surface area contributed by atoms with E-state index in [0.717, 1.165) is 5.56 Å². The summed E-state index contributed by atoms with van der Waals surface area (Å²) in [6.45, 7) is 0.567. The summed E-state index contributed by atoms with van der Waals surface area (Å²) in [6, 6.07) is 11.2. The molecule has 2 aromatic carbocycles. The fourth-order valence-electron chi connectivity index (χ4n) is 2.59. The second-order valence-corrected chi connectivity index (χ2v) is 5.99. The summed E-state index contributed by atoms with van der Waals surface area (Å²) < 4.78 is 10.6. The number of hydrogen-bond acceptors (Lipinski definition) is 6. The van der Waals surface area contributed by atoms with Crippen LogP contribution in [0.3, 0.4) is 0 Å². The number of anilines is 2. The molecule has 3 rings (SSSR count). The Morgan fingerprint density at radius 3 is 2.44 bits per heavy atom. The largest absolute Gasteiger partial charge is 0.493 e. The second kappa shape index (κ2) is 7.03. The van der Waals surface area contributed by atoms with E-state index in [0.29, 0.717) is 45.7 Å². The molecule has 6 nitrogen and oxygen atoms in total. The minimum atomic E-state index is 0.381. The molecular formula is C18H19ClN4O2. The van der Waals surface area contributed by atoms with Crippen molar-refractivity contribution < 1.29 is 9.47 Å². The van der Waals surface area contributed by atoms with Gasteiger partial charge in [0.1, 0.15) is 5.82 Å². The highest BCUT2D eigenvalue weighted by Gasteiger charge is 2.14. The van der Waals surface area contributed by atoms with E-state index in [2.05, 4.69) is 9.97 Å². The maximum Gasteiger partial charge on any atom is 0.227 e. The zero-order valence-electron chi connectivity index (χ0n) is 14.3. The molecule has 0 saturated heterocycles. The Morgan fingerprint density at radius 1 is 1.08 bits per heavy atom. The minimum absolute atomic E-state index is 0.381. The third-order valence-corrected chi connectivity index (χ3v) is 4.29. The van der Waals surface area contributed by atoms with Crippen LogP contribution in [0.4, 0.5) is 11.8 Å². The minimum Gasteiger partial charge on any atom is -0.493 e. The second-order valence-electron chi connectivity index (χ2n) is 5.58. The third kappa shape index (κ3) is 3.39. The van der Waals surface area contributed by atoms with E-state index in [1.807, 2.05) is 36.2 Å². The van der Waals surface area contributed by atoms with Gasteiger partial charge in [0.2, 0.25) is 5.95 Å². The molecule has 0 aliphatic rings. The predicted octanol–water partition coefficient (Wildman–Crippen LogP) is 3.52. The maximum atomic E-state index is 6.23. The highest BCUT2D eigenvalue weighted by molar-refractivity contribution is 6.31. The number of nitrogens with zero attached hydrogens (tertiary/aromatic N) is 3. The number of nitrogen functional groups attached to an aromatic ring is 1. The van der Waals surface area contributed by atoms with Crippen molar-refractivity contribution in [2.75, 3.05) is 31.9 Å². The van der Waals surface area contributed by atoms with Crippen LogP contribution in [0.1, 0.15) is 5.56 Å². The van der Waals surface area contributed by atoms with E-state index in [4.69, 9.17) is 26.8 Å². The standard InChI is InChI=1S/C18H19ClN4O2/c1-23(10-11-6-4-5-7-13(11)19)18-21-14-9-16(25-3)15(24-2)8-12(14)17(20)22-18/h4-9H,10H2,1-3H3,(H2,20,21,22). The first-order chi connectivity index (χ1) is 12.0. The summed E-state index contributed by atoms with van der Waals surface area (Å²) in [6.07, 6.45) is 0. The zero-order chi connectivity index (χ0) is 18.0. The number of aromatic nitrogens is 2. The van der Waals surface area contributed by atoms with Crippen LogP contribution in [0.25, 0.3) is 10.9 Å². The molecule has 25 heavy (non-hydrogen) atoms. The van der Waals surface area contributed by atoms with Gasteiger partial charge in [-0.2, -0.15) is 4.98 Å². The van der Waals surface area contributed by atoms with Gasteiger partial charge in [-0.15, -0.1) is 0 Å². The first-order valence-electron chi connectivity index (χ1n) is 7.67. The molecule has 0 amide bonds. The van der Waals surface area contributed by atoms with Gasteiger partial charge in [-0.05, 0) is 17.7 Å². The fourth-order valence-corrected chi connectivity index (χ4v) is 2.79. The molecule has 1 heterocycles. The molecule has 0 bridgehead atoms. The van der Waals surface area contributed by atoms with Gasteiger partial charge in [-0.3, -0.25) is 0 Å². The average Bonchev–Trinajstić information content (AvgIpc) is 2.62. The lowest BCUT2D eigenvalue weighted by Gasteiger charge is -2.19. The van der Waals surface area contributed by atoms with Crippen molar-refractivity contribution in [2.24, 2.45) is 0 Å². The van der Waals surface area contributed by atoms with E-state index in [1.165, 1.54) is 0 Å². The highest BCUT2D eigenvalue weighted by Crippen LogP contribution is 2.34. The number of halogens is 1. The van der Waals surface area contributed by atoms with Crippen LogP contribution in [0.2, 0.25) is 5.02 Å². The van der Waals surface area contributed by atoms with Crippen molar-refractivity contribution >= 4 is 34.3 Å². The Labute approximate surface area is 151 Å². The number of ether oxygens (including phenoxy) is 2. The van der Waals surface area contributed by atoms with E-state index in [1.54, 1.807) is 26.4 Å². The van der Waals surface area contributed by atoms with Gasteiger partial charge in [-0.1, -0.05) is 29.8 Å². The number of methoxy groups -OCH3 is 2. The Bertz CT molecular complexity index is 917. The van der Waals surface area contributed by atoms with Crippen LogP contribution in [-0.2, 0) is 6.54 Å². The Morgan fingerprint density at radius 2 is 1.76 bits per heavy atom. The summed E-state index contributed by atoms with van der Waals surface area (Å²) in [4.78, 5) is 10.9. The predicted molar refractivity (Wildman–Crippen MR) is 101 cm³/mol. The lowest BCUT2D eigenvalue weighted by molar-refractivity contribution is 0.356. The highest BCUT2D eigenvalue weighted by atomic mass is 35.5. The lowest BCUT2D eigenvalue weighted by atomic mass is 10.2. The average molecular weight is 359 g/mol. The van der Waals surface area contributed by atoms with Crippen LogP contribution in [-0.4, -0.2) is 31.2 Å². The van der Waals surface area contributed by atoms with Crippen molar-refractivity contribution in [3.05, 3.63) is 47.0 Å². The van der Waals surface area contributed by atoms with Gasteiger partial charge in [-0.25, -0.2) is 4.98 Å². The number of hydrogen-bond donors (Lipinski definition) is 1. The molecule has 0 unspecified atom stereocenters. The van der Waals surface area contributed by atoms with Gasteiger partial charge in [0, 0.05) is 30.1 Å². The normalized spacial score (nSPS) is 10.7. The van der Waals surface area contributed by atoms with Crippen molar-refractivity contribution in [1.29, 1.82) is 0 Å². The van der Waals surface area contributed by atoms with Crippen molar-refractivity contribution in [2.45, 2.75) is 6.54 Å². The van der Waals surface area contributed by atoms with E-state index >= 15 is 0 Å². The molecular weight excluding hydrogens is 340 g/mol. The van der Waals surface area contributed by atoms with Crippen LogP contribution >= 0.6 is 11.6 Å². The maximum absolute atomic E-state index is 6.23. The van der Waals surface area contributed by atoms with Crippen LogP contribution in [0.15, 0.2) is 36.4 Å². The SMILES string of the molecule is COc1cc2nc(N(C)Cc3ccccc3Cl)nc(N)c2cc1OC. The molecule has 1 aromatic heterocycles.